The lowest BCUT2D eigenvalue weighted by Gasteiger charge is -2.10. The molecule has 0 aliphatic heterocycles. The van der Waals surface area contributed by atoms with Crippen LogP contribution in [0.2, 0.25) is 0 Å². The van der Waals surface area contributed by atoms with Crippen molar-refractivity contribution in [3.05, 3.63) is 23.4 Å². The molecule has 7 N–H and O–H groups in total. The normalized spacial score (nSPS) is 12.8. The Morgan fingerprint density at radius 3 is 2.77 bits per heavy atom. The molecule has 5 nitrogen and oxygen atoms in total. The largest absolute Gasteiger partial charge is 0.392 e. The molecule has 0 fully saturated rings. The van der Waals surface area contributed by atoms with Crippen LogP contribution >= 0.6 is 0 Å². The summed E-state index contributed by atoms with van der Waals surface area (Å²) in [5, 5.41) is 8.91. The molecule has 0 aliphatic carbocycles. The summed E-state index contributed by atoms with van der Waals surface area (Å²) in [6, 6.07) is 1.47. The Kier molecular flexibility index (Phi) is 3.18. The Morgan fingerprint density at radius 2 is 2.23 bits per heavy atom. The number of rotatable bonds is 3. The van der Waals surface area contributed by atoms with Gasteiger partial charge in [-0.05, 0) is 11.6 Å². The average molecular weight is 182 g/mol. The summed E-state index contributed by atoms with van der Waals surface area (Å²) in [6.07, 6.45) is 1.58. The van der Waals surface area contributed by atoms with E-state index in [0.29, 0.717) is 17.9 Å². The first kappa shape index (κ1) is 9.91. The number of aliphatic hydroxyl groups excluding tert-OH is 1. The fourth-order valence-electron chi connectivity index (χ4n) is 1.00. The average Bonchev–Trinajstić information content (AvgIpc) is 2.17. The van der Waals surface area contributed by atoms with Gasteiger partial charge in [0.2, 0.25) is 0 Å². The maximum absolute atomic E-state index is 8.91. The summed E-state index contributed by atoms with van der Waals surface area (Å²) in [4.78, 5) is 3.90. The van der Waals surface area contributed by atoms with Gasteiger partial charge in [-0.2, -0.15) is 0 Å². The van der Waals surface area contributed by atoms with Gasteiger partial charge in [0.1, 0.15) is 5.82 Å². The van der Waals surface area contributed by atoms with Gasteiger partial charge in [0.15, 0.2) is 0 Å². The van der Waals surface area contributed by atoms with E-state index in [0.717, 1.165) is 5.56 Å². The van der Waals surface area contributed by atoms with E-state index in [1.807, 2.05) is 0 Å². The molecule has 1 aromatic heterocycles. The van der Waals surface area contributed by atoms with Gasteiger partial charge in [-0.1, -0.05) is 0 Å². The van der Waals surface area contributed by atoms with Crippen LogP contribution in [-0.2, 0) is 6.61 Å². The van der Waals surface area contributed by atoms with Crippen molar-refractivity contribution in [2.24, 2.45) is 11.5 Å². The lowest BCUT2D eigenvalue weighted by molar-refractivity contribution is 0.282. The van der Waals surface area contributed by atoms with Crippen molar-refractivity contribution in [2.45, 2.75) is 12.6 Å². The summed E-state index contributed by atoms with van der Waals surface area (Å²) in [5.41, 5.74) is 17.9. The monoisotopic (exact) mass is 182 g/mol. The highest BCUT2D eigenvalue weighted by Gasteiger charge is 2.06. The van der Waals surface area contributed by atoms with Crippen LogP contribution in [0, 0.1) is 0 Å². The molecule has 0 amide bonds. The molecule has 1 unspecified atom stereocenters. The van der Waals surface area contributed by atoms with E-state index in [1.54, 1.807) is 12.3 Å². The number of aromatic nitrogens is 1. The van der Waals surface area contributed by atoms with Crippen molar-refractivity contribution in [3.8, 4) is 0 Å². The minimum absolute atomic E-state index is 0.135. The maximum atomic E-state index is 8.91. The number of nitrogens with two attached hydrogens (primary N) is 3. The van der Waals surface area contributed by atoms with Crippen molar-refractivity contribution in [3.63, 3.8) is 0 Å². The highest BCUT2D eigenvalue weighted by Crippen LogP contribution is 2.14. The predicted molar refractivity (Wildman–Crippen MR) is 50.6 cm³/mol. The number of nitrogens with zero attached hydrogens (tertiary/aromatic N) is 1. The third-order valence-electron chi connectivity index (χ3n) is 1.88. The Balaban J connectivity index is 2.99. The van der Waals surface area contributed by atoms with Crippen molar-refractivity contribution < 1.29 is 5.11 Å². The number of nitrogen functional groups attached to an aromatic ring is 1. The number of hydrogen-bond acceptors (Lipinski definition) is 5. The molecule has 0 saturated heterocycles. The van der Waals surface area contributed by atoms with Gasteiger partial charge in [0.05, 0.1) is 6.61 Å². The van der Waals surface area contributed by atoms with Crippen molar-refractivity contribution in [2.75, 3.05) is 12.3 Å². The molecule has 1 aromatic rings. The Bertz CT molecular complexity index is 289. The highest BCUT2D eigenvalue weighted by molar-refractivity contribution is 5.41. The number of aliphatic hydroxyl groups is 1. The summed E-state index contributed by atoms with van der Waals surface area (Å²) in [6.45, 7) is 0.209. The summed E-state index contributed by atoms with van der Waals surface area (Å²) in [5.74, 6) is 0.329. The number of hydrogen-bond donors (Lipinski definition) is 4. The van der Waals surface area contributed by atoms with Crippen LogP contribution in [0.3, 0.4) is 0 Å². The zero-order valence-corrected chi connectivity index (χ0v) is 7.27. The third kappa shape index (κ3) is 2.15. The fraction of sp³-hybridized carbons (Fsp3) is 0.375. The predicted octanol–water partition coefficient (Wildman–Crippen LogP) is -0.885. The molecule has 0 aliphatic rings. The van der Waals surface area contributed by atoms with Gasteiger partial charge in [-0.3, -0.25) is 0 Å². The lowest BCUT2D eigenvalue weighted by atomic mass is 10.1. The van der Waals surface area contributed by atoms with E-state index in [4.69, 9.17) is 22.3 Å². The molecule has 0 aromatic carbocycles. The molecule has 0 spiro atoms. The zero-order valence-electron chi connectivity index (χ0n) is 7.27. The lowest BCUT2D eigenvalue weighted by Crippen LogP contribution is -2.21. The van der Waals surface area contributed by atoms with Crippen molar-refractivity contribution in [1.82, 2.24) is 4.98 Å². The minimum atomic E-state index is -0.251. The van der Waals surface area contributed by atoms with Gasteiger partial charge in [0.25, 0.3) is 0 Å². The fourth-order valence-corrected chi connectivity index (χ4v) is 1.00. The van der Waals surface area contributed by atoms with Crippen LogP contribution in [0.5, 0.6) is 0 Å². The van der Waals surface area contributed by atoms with E-state index in [1.165, 1.54) is 0 Å². The van der Waals surface area contributed by atoms with Gasteiger partial charge in [0, 0.05) is 24.3 Å². The maximum Gasteiger partial charge on any atom is 0.128 e. The SMILES string of the molecule is NCC(N)c1cnc(N)c(CO)c1. The number of anilines is 1. The van der Waals surface area contributed by atoms with E-state index < -0.39 is 0 Å². The van der Waals surface area contributed by atoms with Gasteiger partial charge < -0.3 is 22.3 Å². The second-order valence-corrected chi connectivity index (χ2v) is 2.81. The molecular weight excluding hydrogens is 168 g/mol. The van der Waals surface area contributed by atoms with Crippen molar-refractivity contribution in [1.29, 1.82) is 0 Å². The highest BCUT2D eigenvalue weighted by atomic mass is 16.3. The topological polar surface area (TPSA) is 111 Å². The molecule has 0 bridgehead atoms. The van der Waals surface area contributed by atoms with E-state index in [-0.39, 0.29) is 12.6 Å². The molecule has 1 atom stereocenters. The summed E-state index contributed by atoms with van der Waals surface area (Å²) >= 11 is 0. The van der Waals surface area contributed by atoms with Crippen LogP contribution in [-0.4, -0.2) is 16.6 Å². The first-order valence-electron chi connectivity index (χ1n) is 3.99. The molecule has 72 valence electrons. The molecule has 0 radical (unpaired) electrons. The molecule has 1 rings (SSSR count). The Labute approximate surface area is 76.6 Å². The standard InChI is InChI=1S/C8H14N4O/c9-2-7(10)5-1-6(4-13)8(11)12-3-5/h1,3,7,13H,2,4,9-10H2,(H2,11,12). The van der Waals surface area contributed by atoms with Crippen LogP contribution in [0.25, 0.3) is 0 Å². The van der Waals surface area contributed by atoms with Gasteiger partial charge in [-0.15, -0.1) is 0 Å². The third-order valence-corrected chi connectivity index (χ3v) is 1.88. The minimum Gasteiger partial charge on any atom is -0.392 e. The number of pyridine rings is 1. The Morgan fingerprint density at radius 1 is 1.54 bits per heavy atom. The van der Waals surface area contributed by atoms with Gasteiger partial charge in [-0.25, -0.2) is 4.98 Å². The summed E-state index contributed by atoms with van der Waals surface area (Å²) < 4.78 is 0. The quantitative estimate of drug-likeness (QED) is 0.485. The van der Waals surface area contributed by atoms with E-state index in [9.17, 15) is 0 Å². The second kappa shape index (κ2) is 4.18. The van der Waals surface area contributed by atoms with Crippen molar-refractivity contribution >= 4 is 5.82 Å². The van der Waals surface area contributed by atoms with Crippen LogP contribution in [0.15, 0.2) is 12.3 Å². The first-order chi connectivity index (χ1) is 6.19. The van der Waals surface area contributed by atoms with E-state index >= 15 is 0 Å². The van der Waals surface area contributed by atoms with E-state index in [2.05, 4.69) is 4.98 Å². The summed E-state index contributed by atoms with van der Waals surface area (Å²) in [7, 11) is 0. The Hall–Kier alpha value is -1.17. The molecule has 0 saturated carbocycles. The molecule has 5 heteroatoms. The first-order valence-corrected chi connectivity index (χ1v) is 3.99. The zero-order chi connectivity index (χ0) is 9.84. The second-order valence-electron chi connectivity index (χ2n) is 2.81. The molecule has 1 heterocycles. The molecular formula is C8H14N4O. The smallest absolute Gasteiger partial charge is 0.128 e. The molecule has 13 heavy (non-hydrogen) atoms. The van der Waals surface area contributed by atoms with Crippen LogP contribution < -0.4 is 17.2 Å². The van der Waals surface area contributed by atoms with Gasteiger partial charge >= 0.3 is 0 Å². The van der Waals surface area contributed by atoms with Crippen LogP contribution in [0.4, 0.5) is 5.82 Å². The van der Waals surface area contributed by atoms with Crippen LogP contribution in [0.1, 0.15) is 17.2 Å².